The van der Waals surface area contributed by atoms with E-state index < -0.39 is 0 Å². The quantitative estimate of drug-likeness (QED) is 0.197. The van der Waals surface area contributed by atoms with E-state index in [0.29, 0.717) is 18.7 Å². The molecule has 0 saturated carbocycles. The van der Waals surface area contributed by atoms with Gasteiger partial charge in [0.05, 0.1) is 12.6 Å². The van der Waals surface area contributed by atoms with E-state index in [0.717, 1.165) is 57.1 Å². The Kier molecular flexibility index (Phi) is 12.8. The van der Waals surface area contributed by atoms with Crippen LogP contribution >= 0.6 is 24.0 Å². The Labute approximate surface area is 185 Å². The van der Waals surface area contributed by atoms with Gasteiger partial charge in [-0.1, -0.05) is 12.1 Å². The molecule has 0 radical (unpaired) electrons. The van der Waals surface area contributed by atoms with Crippen molar-refractivity contribution in [3.8, 4) is 0 Å². The second-order valence-corrected chi connectivity index (χ2v) is 6.51. The minimum atomic E-state index is -0.0686. The zero-order chi connectivity index (χ0) is 19.3. The summed E-state index contributed by atoms with van der Waals surface area (Å²) in [4.78, 5) is 17.0. The monoisotopic (exact) mass is 504 g/mol. The van der Waals surface area contributed by atoms with Gasteiger partial charge < -0.3 is 25.4 Å². The Balaban J connectivity index is 0.00000392. The molecule has 8 heteroatoms. The number of amides is 1. The summed E-state index contributed by atoms with van der Waals surface area (Å²) in [6, 6.07) is 7.59. The standard InChI is InChI=1S/C20H32N4O3.HI/c1-3-21-20(22-10-6-11-26-2)24-14-16-7-4-8-17(13-16)19(25)23-15-18-9-5-12-27-18;/h4,7-8,13,18H,3,5-6,9-12,14-15H2,1-2H3,(H,23,25)(H2,21,22,24);1H. The molecule has 158 valence electrons. The van der Waals surface area contributed by atoms with Gasteiger partial charge in [0.25, 0.3) is 5.91 Å². The van der Waals surface area contributed by atoms with Crippen LogP contribution in [0.25, 0.3) is 0 Å². The summed E-state index contributed by atoms with van der Waals surface area (Å²) in [5, 5.41) is 9.46. The molecule has 0 aliphatic carbocycles. The fourth-order valence-corrected chi connectivity index (χ4v) is 2.86. The number of halogens is 1. The predicted molar refractivity (Wildman–Crippen MR) is 122 cm³/mol. The molecule has 28 heavy (non-hydrogen) atoms. The first-order chi connectivity index (χ1) is 13.2. The summed E-state index contributed by atoms with van der Waals surface area (Å²) in [6.45, 7) is 6.21. The van der Waals surface area contributed by atoms with E-state index in [1.54, 1.807) is 7.11 Å². The van der Waals surface area contributed by atoms with Crippen molar-refractivity contribution in [1.82, 2.24) is 16.0 Å². The van der Waals surface area contributed by atoms with Crippen LogP contribution in [0.15, 0.2) is 29.3 Å². The largest absolute Gasteiger partial charge is 0.385 e. The highest BCUT2D eigenvalue weighted by atomic mass is 127. The lowest BCUT2D eigenvalue weighted by Gasteiger charge is -2.12. The molecule has 7 nitrogen and oxygen atoms in total. The van der Waals surface area contributed by atoms with Gasteiger partial charge in [0.2, 0.25) is 0 Å². The van der Waals surface area contributed by atoms with Gasteiger partial charge in [-0.15, -0.1) is 24.0 Å². The fraction of sp³-hybridized carbons (Fsp3) is 0.600. The number of rotatable bonds is 10. The molecular formula is C20H33IN4O3. The molecule has 1 saturated heterocycles. The number of nitrogens with one attached hydrogen (secondary N) is 3. The molecule has 3 N–H and O–H groups in total. The van der Waals surface area contributed by atoms with Crippen LogP contribution < -0.4 is 16.0 Å². The van der Waals surface area contributed by atoms with Gasteiger partial charge in [0, 0.05) is 45.5 Å². The molecule has 1 fully saturated rings. The summed E-state index contributed by atoms with van der Waals surface area (Å²) in [6.07, 6.45) is 3.15. The van der Waals surface area contributed by atoms with Crippen LogP contribution in [0.3, 0.4) is 0 Å². The topological polar surface area (TPSA) is 84.0 Å². The number of aliphatic imine (C=N–C) groups is 1. The van der Waals surface area contributed by atoms with Gasteiger partial charge in [0.15, 0.2) is 5.96 Å². The van der Waals surface area contributed by atoms with Crippen LogP contribution in [0.4, 0.5) is 0 Å². The van der Waals surface area contributed by atoms with E-state index >= 15 is 0 Å². The minimum Gasteiger partial charge on any atom is -0.385 e. The van der Waals surface area contributed by atoms with E-state index in [9.17, 15) is 4.79 Å². The highest BCUT2D eigenvalue weighted by molar-refractivity contribution is 14.0. The van der Waals surface area contributed by atoms with Gasteiger partial charge >= 0.3 is 0 Å². The Hall–Kier alpha value is -1.39. The molecule has 1 atom stereocenters. The minimum absolute atomic E-state index is 0. The second-order valence-electron chi connectivity index (χ2n) is 6.51. The predicted octanol–water partition coefficient (Wildman–Crippen LogP) is 2.31. The molecule has 0 bridgehead atoms. The smallest absolute Gasteiger partial charge is 0.251 e. The maximum absolute atomic E-state index is 12.4. The third kappa shape index (κ3) is 9.20. The van der Waals surface area contributed by atoms with Crippen molar-refractivity contribution < 1.29 is 14.3 Å². The van der Waals surface area contributed by atoms with Crippen molar-refractivity contribution in [2.24, 2.45) is 4.99 Å². The Morgan fingerprint density at radius 1 is 1.32 bits per heavy atom. The number of carbonyl (C=O) groups is 1. The van der Waals surface area contributed by atoms with Crippen molar-refractivity contribution in [2.45, 2.75) is 38.8 Å². The first kappa shape index (κ1) is 24.6. The first-order valence-electron chi connectivity index (χ1n) is 9.72. The number of guanidine groups is 1. The van der Waals surface area contributed by atoms with Gasteiger partial charge in [0.1, 0.15) is 0 Å². The number of nitrogens with zero attached hydrogens (tertiary/aromatic N) is 1. The van der Waals surface area contributed by atoms with Crippen molar-refractivity contribution in [1.29, 1.82) is 0 Å². The van der Waals surface area contributed by atoms with Crippen molar-refractivity contribution >= 4 is 35.8 Å². The Bertz CT molecular complexity index is 607. The van der Waals surface area contributed by atoms with Crippen LogP contribution in [0.5, 0.6) is 0 Å². The molecule has 1 aromatic carbocycles. The van der Waals surface area contributed by atoms with Crippen LogP contribution in [0.2, 0.25) is 0 Å². The molecule has 1 aliphatic rings. The lowest BCUT2D eigenvalue weighted by atomic mass is 10.1. The summed E-state index contributed by atoms with van der Waals surface area (Å²) in [5.41, 5.74) is 1.65. The summed E-state index contributed by atoms with van der Waals surface area (Å²) in [7, 11) is 1.70. The van der Waals surface area contributed by atoms with Gasteiger partial charge in [-0.25, -0.2) is 4.99 Å². The lowest BCUT2D eigenvalue weighted by molar-refractivity contribution is 0.0857. The molecule has 1 aromatic rings. The molecule has 1 unspecified atom stereocenters. The van der Waals surface area contributed by atoms with Crippen LogP contribution in [-0.4, -0.2) is 57.9 Å². The SMILES string of the molecule is CCNC(=NCc1cccc(C(=O)NCC2CCCO2)c1)NCCCOC.I. The zero-order valence-electron chi connectivity index (χ0n) is 16.8. The van der Waals surface area contributed by atoms with E-state index in [-0.39, 0.29) is 36.0 Å². The van der Waals surface area contributed by atoms with Crippen LogP contribution in [-0.2, 0) is 16.0 Å². The Morgan fingerprint density at radius 2 is 2.18 bits per heavy atom. The average Bonchev–Trinajstić information content (AvgIpc) is 3.21. The van der Waals surface area contributed by atoms with Gasteiger partial charge in [-0.2, -0.15) is 0 Å². The van der Waals surface area contributed by atoms with Gasteiger partial charge in [-0.3, -0.25) is 4.79 Å². The maximum Gasteiger partial charge on any atom is 0.251 e. The lowest BCUT2D eigenvalue weighted by Crippen LogP contribution is -2.38. The van der Waals surface area contributed by atoms with Crippen molar-refractivity contribution in [3.63, 3.8) is 0 Å². The molecule has 0 aromatic heterocycles. The summed E-state index contributed by atoms with van der Waals surface area (Å²) >= 11 is 0. The highest BCUT2D eigenvalue weighted by Crippen LogP contribution is 2.11. The fourth-order valence-electron chi connectivity index (χ4n) is 2.86. The summed E-state index contributed by atoms with van der Waals surface area (Å²) in [5.74, 6) is 0.697. The van der Waals surface area contributed by atoms with E-state index in [2.05, 4.69) is 20.9 Å². The molecule has 2 rings (SSSR count). The number of hydrogen-bond acceptors (Lipinski definition) is 4. The number of methoxy groups -OCH3 is 1. The van der Waals surface area contributed by atoms with Gasteiger partial charge in [-0.05, 0) is 43.9 Å². The average molecular weight is 504 g/mol. The first-order valence-corrected chi connectivity index (χ1v) is 9.72. The number of carbonyl (C=O) groups excluding carboxylic acids is 1. The highest BCUT2D eigenvalue weighted by Gasteiger charge is 2.16. The zero-order valence-corrected chi connectivity index (χ0v) is 19.2. The third-order valence-electron chi connectivity index (χ3n) is 4.29. The van der Waals surface area contributed by atoms with Crippen LogP contribution in [0, 0.1) is 0 Å². The molecule has 1 aliphatic heterocycles. The van der Waals surface area contributed by atoms with E-state index in [1.807, 2.05) is 31.2 Å². The number of ether oxygens (including phenoxy) is 2. The molecule has 1 amide bonds. The van der Waals surface area contributed by atoms with Crippen molar-refractivity contribution in [3.05, 3.63) is 35.4 Å². The maximum atomic E-state index is 12.4. The van der Waals surface area contributed by atoms with E-state index in [1.165, 1.54) is 0 Å². The normalized spacial score (nSPS) is 16.4. The number of hydrogen-bond donors (Lipinski definition) is 3. The van der Waals surface area contributed by atoms with E-state index in [4.69, 9.17) is 9.47 Å². The molecule has 1 heterocycles. The summed E-state index contributed by atoms with van der Waals surface area (Å²) < 4.78 is 10.6. The van der Waals surface area contributed by atoms with Crippen LogP contribution in [0.1, 0.15) is 42.1 Å². The Morgan fingerprint density at radius 3 is 2.89 bits per heavy atom. The number of benzene rings is 1. The van der Waals surface area contributed by atoms with Crippen molar-refractivity contribution in [2.75, 3.05) is 40.0 Å². The second kappa shape index (κ2) is 14.6. The molecule has 0 spiro atoms. The third-order valence-corrected chi connectivity index (χ3v) is 4.29. The molecular weight excluding hydrogens is 471 g/mol.